The van der Waals surface area contributed by atoms with Crippen LogP contribution in [-0.4, -0.2) is 33.6 Å². The molecule has 1 aliphatic rings. The van der Waals surface area contributed by atoms with Gasteiger partial charge >= 0.3 is 5.97 Å². The molecule has 1 saturated carbocycles. The number of hydrogen-bond acceptors (Lipinski definition) is 4. The minimum absolute atomic E-state index is 0.121. The molecule has 1 rings (SSSR count). The van der Waals surface area contributed by atoms with Gasteiger partial charge in [0.15, 0.2) is 6.29 Å². The zero-order valence-corrected chi connectivity index (χ0v) is 8.99. The van der Waals surface area contributed by atoms with E-state index < -0.39 is 0 Å². The molecule has 82 valence electrons. The zero-order valence-electron chi connectivity index (χ0n) is 8.99. The van der Waals surface area contributed by atoms with E-state index in [-0.39, 0.29) is 12.3 Å². The third-order valence-corrected chi connectivity index (χ3v) is 2.80. The third-order valence-electron chi connectivity index (χ3n) is 2.80. The molecule has 0 spiro atoms. The van der Waals surface area contributed by atoms with E-state index >= 15 is 0 Å². The van der Waals surface area contributed by atoms with Gasteiger partial charge in [-0.15, -0.1) is 0 Å². The van der Waals surface area contributed by atoms with Crippen molar-refractivity contribution >= 4 is 5.97 Å². The maximum atomic E-state index is 10.9. The second-order valence-electron chi connectivity index (χ2n) is 3.72. The topological polar surface area (TPSA) is 44.8 Å². The average molecular weight is 202 g/mol. The maximum absolute atomic E-state index is 10.9. The molecule has 1 fully saturated rings. The first kappa shape index (κ1) is 11.5. The smallest absolute Gasteiger partial charge is 0.305 e. The van der Waals surface area contributed by atoms with Crippen LogP contribution in [0.25, 0.3) is 0 Å². The van der Waals surface area contributed by atoms with Crippen LogP contribution in [-0.2, 0) is 19.0 Å². The third kappa shape index (κ3) is 2.69. The second kappa shape index (κ2) is 5.32. The van der Waals surface area contributed by atoms with Crippen LogP contribution >= 0.6 is 0 Å². The highest BCUT2D eigenvalue weighted by Gasteiger charge is 2.36. The molecule has 14 heavy (non-hydrogen) atoms. The number of methoxy groups -OCH3 is 3. The van der Waals surface area contributed by atoms with Crippen molar-refractivity contribution in [1.29, 1.82) is 0 Å². The van der Waals surface area contributed by atoms with Crippen molar-refractivity contribution in [2.75, 3.05) is 21.3 Å². The van der Waals surface area contributed by atoms with Crippen LogP contribution in [0.2, 0.25) is 0 Å². The van der Waals surface area contributed by atoms with Crippen molar-refractivity contribution in [3.8, 4) is 0 Å². The van der Waals surface area contributed by atoms with Crippen molar-refractivity contribution in [2.24, 2.45) is 11.8 Å². The Kier molecular flexibility index (Phi) is 4.35. The van der Waals surface area contributed by atoms with E-state index in [1.165, 1.54) is 7.11 Å². The molecule has 0 atom stereocenters. The zero-order chi connectivity index (χ0) is 10.6. The second-order valence-corrected chi connectivity index (χ2v) is 3.72. The quantitative estimate of drug-likeness (QED) is 0.496. The van der Waals surface area contributed by atoms with Crippen molar-refractivity contribution < 1.29 is 19.0 Å². The molecule has 0 heterocycles. The fraction of sp³-hybridized carbons (Fsp3) is 0.900. The summed E-state index contributed by atoms with van der Waals surface area (Å²) in [4.78, 5) is 10.9. The molecule has 0 bridgehead atoms. The largest absolute Gasteiger partial charge is 0.469 e. The van der Waals surface area contributed by atoms with Gasteiger partial charge in [0.1, 0.15) is 0 Å². The van der Waals surface area contributed by atoms with Gasteiger partial charge in [-0.05, 0) is 18.8 Å². The first-order chi connectivity index (χ1) is 6.71. The van der Waals surface area contributed by atoms with Gasteiger partial charge in [0.25, 0.3) is 0 Å². The number of hydrogen-bond donors (Lipinski definition) is 0. The Morgan fingerprint density at radius 1 is 1.29 bits per heavy atom. The van der Waals surface area contributed by atoms with Gasteiger partial charge < -0.3 is 14.2 Å². The van der Waals surface area contributed by atoms with Crippen LogP contribution in [0.5, 0.6) is 0 Å². The highest BCUT2D eigenvalue weighted by molar-refractivity contribution is 5.69. The Morgan fingerprint density at radius 3 is 2.29 bits per heavy atom. The van der Waals surface area contributed by atoms with E-state index in [1.807, 2.05) is 0 Å². The van der Waals surface area contributed by atoms with Gasteiger partial charge in [-0.1, -0.05) is 0 Å². The molecule has 0 aromatic heterocycles. The Morgan fingerprint density at radius 2 is 1.86 bits per heavy atom. The molecule has 1 aliphatic carbocycles. The van der Waals surface area contributed by atoms with Crippen LogP contribution < -0.4 is 0 Å². The number of esters is 1. The number of ether oxygens (including phenoxy) is 3. The summed E-state index contributed by atoms with van der Waals surface area (Å²) < 4.78 is 14.9. The van der Waals surface area contributed by atoms with Crippen LogP contribution in [0, 0.1) is 11.8 Å². The van der Waals surface area contributed by atoms with Crippen LogP contribution in [0.3, 0.4) is 0 Å². The van der Waals surface area contributed by atoms with E-state index in [1.54, 1.807) is 14.2 Å². The van der Waals surface area contributed by atoms with E-state index in [0.29, 0.717) is 18.3 Å². The van der Waals surface area contributed by atoms with Crippen molar-refractivity contribution in [3.63, 3.8) is 0 Å². The van der Waals surface area contributed by atoms with Gasteiger partial charge in [0.05, 0.1) is 7.11 Å². The van der Waals surface area contributed by atoms with Crippen molar-refractivity contribution in [1.82, 2.24) is 0 Å². The predicted octanol–water partition coefficient (Wildman–Crippen LogP) is 1.19. The fourth-order valence-corrected chi connectivity index (χ4v) is 1.98. The predicted molar refractivity (Wildman–Crippen MR) is 50.7 cm³/mol. The molecular weight excluding hydrogens is 184 g/mol. The summed E-state index contributed by atoms with van der Waals surface area (Å²) in [7, 11) is 4.70. The lowest BCUT2D eigenvalue weighted by Gasteiger charge is -2.38. The molecule has 0 radical (unpaired) electrons. The molecule has 4 heteroatoms. The van der Waals surface area contributed by atoms with Crippen LogP contribution in [0.4, 0.5) is 0 Å². The van der Waals surface area contributed by atoms with Gasteiger partial charge in [0, 0.05) is 26.6 Å². The lowest BCUT2D eigenvalue weighted by Crippen LogP contribution is -2.36. The summed E-state index contributed by atoms with van der Waals surface area (Å²) in [6.07, 6.45) is 2.37. The van der Waals surface area contributed by atoms with Gasteiger partial charge in [-0.2, -0.15) is 0 Å². The molecule has 0 aromatic carbocycles. The van der Waals surface area contributed by atoms with Crippen molar-refractivity contribution in [2.45, 2.75) is 25.6 Å². The summed E-state index contributed by atoms with van der Waals surface area (Å²) in [5.74, 6) is 0.750. The van der Waals surface area contributed by atoms with Gasteiger partial charge in [-0.3, -0.25) is 4.79 Å². The standard InChI is InChI=1S/C10H18O4/c1-12-9(11)6-7-4-8(5-7)10(13-2)14-3/h7-8,10H,4-6H2,1-3H3. The van der Waals surface area contributed by atoms with E-state index in [9.17, 15) is 4.79 Å². The molecule has 0 N–H and O–H groups in total. The lowest BCUT2D eigenvalue weighted by atomic mass is 9.73. The first-order valence-corrected chi connectivity index (χ1v) is 4.83. The van der Waals surface area contributed by atoms with E-state index in [0.717, 1.165) is 12.8 Å². The van der Waals surface area contributed by atoms with Crippen LogP contribution in [0.15, 0.2) is 0 Å². The summed E-state index contributed by atoms with van der Waals surface area (Å²) in [5, 5.41) is 0. The molecule has 0 unspecified atom stereocenters. The van der Waals surface area contributed by atoms with Crippen molar-refractivity contribution in [3.05, 3.63) is 0 Å². The van der Waals surface area contributed by atoms with Gasteiger partial charge in [-0.25, -0.2) is 0 Å². The number of carbonyl (C=O) groups excluding carboxylic acids is 1. The SMILES string of the molecule is COC(=O)CC1CC(C(OC)OC)C1. The average Bonchev–Trinajstić information content (AvgIpc) is 2.15. The highest BCUT2D eigenvalue weighted by Crippen LogP contribution is 2.39. The fourth-order valence-electron chi connectivity index (χ4n) is 1.98. The monoisotopic (exact) mass is 202 g/mol. The Balaban J connectivity index is 2.19. The van der Waals surface area contributed by atoms with E-state index in [2.05, 4.69) is 4.74 Å². The Labute approximate surface area is 84.5 Å². The summed E-state index contributed by atoms with van der Waals surface area (Å²) >= 11 is 0. The highest BCUT2D eigenvalue weighted by atomic mass is 16.7. The number of rotatable bonds is 5. The summed E-state index contributed by atoms with van der Waals surface area (Å²) in [6.45, 7) is 0. The molecular formula is C10H18O4. The summed E-state index contributed by atoms with van der Waals surface area (Å²) in [5.41, 5.74) is 0. The molecule has 0 aromatic rings. The normalized spacial score (nSPS) is 26.0. The lowest BCUT2D eigenvalue weighted by molar-refractivity contribution is -0.168. The molecule has 0 amide bonds. The first-order valence-electron chi connectivity index (χ1n) is 4.83. The Bertz CT molecular complexity index is 183. The number of carbonyl (C=O) groups is 1. The summed E-state index contributed by atoms with van der Waals surface area (Å²) in [6, 6.07) is 0. The molecule has 0 saturated heterocycles. The van der Waals surface area contributed by atoms with E-state index in [4.69, 9.17) is 9.47 Å². The minimum Gasteiger partial charge on any atom is -0.469 e. The molecule has 4 nitrogen and oxygen atoms in total. The van der Waals surface area contributed by atoms with Gasteiger partial charge in [0.2, 0.25) is 0 Å². The Hall–Kier alpha value is -0.610. The minimum atomic E-state index is -0.125. The molecule has 0 aliphatic heterocycles. The van der Waals surface area contributed by atoms with Crippen LogP contribution in [0.1, 0.15) is 19.3 Å². The maximum Gasteiger partial charge on any atom is 0.305 e.